The molecule has 1 N–H and O–H groups in total. The predicted molar refractivity (Wildman–Crippen MR) is 132 cm³/mol. The average Bonchev–Trinajstić information content (AvgIpc) is 3.69. The Morgan fingerprint density at radius 1 is 0.914 bits per heavy atom. The molecule has 5 rings (SSSR count). The first-order valence-corrected chi connectivity index (χ1v) is 12.1. The first-order valence-electron chi connectivity index (χ1n) is 12.1. The molecule has 6 heteroatoms. The van der Waals surface area contributed by atoms with Gasteiger partial charge >= 0.3 is 5.97 Å². The Labute approximate surface area is 205 Å². The van der Waals surface area contributed by atoms with Crippen LogP contribution >= 0.6 is 0 Å². The second-order valence-corrected chi connectivity index (χ2v) is 8.99. The van der Waals surface area contributed by atoms with Crippen LogP contribution in [0.3, 0.4) is 0 Å². The van der Waals surface area contributed by atoms with E-state index in [1.54, 1.807) is 0 Å². The Bertz CT molecular complexity index is 1190. The molecule has 0 spiro atoms. The summed E-state index contributed by atoms with van der Waals surface area (Å²) in [6.07, 6.45) is 0.719. The maximum Gasteiger partial charge on any atom is 0.307 e. The largest absolute Gasteiger partial charge is 0.491 e. The Kier molecular flexibility index (Phi) is 7.02. The topological polar surface area (TPSA) is 74.2 Å². The molecule has 182 valence electrons. The van der Waals surface area contributed by atoms with Gasteiger partial charge in [-0.2, -0.15) is 0 Å². The molecule has 1 saturated carbocycles. The summed E-state index contributed by atoms with van der Waals surface area (Å²) >= 11 is 0. The van der Waals surface area contributed by atoms with E-state index in [1.165, 1.54) is 0 Å². The van der Waals surface area contributed by atoms with Crippen LogP contribution in [-0.2, 0) is 34.1 Å². The molecule has 0 unspecified atom stereocenters. The van der Waals surface area contributed by atoms with Gasteiger partial charge in [0.25, 0.3) is 0 Å². The van der Waals surface area contributed by atoms with Crippen molar-refractivity contribution in [2.45, 2.75) is 39.1 Å². The second-order valence-electron chi connectivity index (χ2n) is 8.99. The zero-order valence-corrected chi connectivity index (χ0v) is 19.9. The zero-order valence-electron chi connectivity index (χ0n) is 19.9. The monoisotopic (exact) mass is 474 g/mol. The van der Waals surface area contributed by atoms with Crippen LogP contribution in [-0.4, -0.2) is 30.9 Å². The molecule has 1 heterocycles. The Hall–Kier alpha value is -3.35. The molecule has 0 amide bonds. The number of carboxylic acids is 1. The van der Waals surface area contributed by atoms with Crippen molar-refractivity contribution >= 4 is 5.97 Å². The van der Waals surface area contributed by atoms with Crippen LogP contribution in [0.1, 0.15) is 41.5 Å². The van der Waals surface area contributed by atoms with Crippen molar-refractivity contribution in [3.05, 3.63) is 82.9 Å². The third-order valence-electron chi connectivity index (χ3n) is 6.58. The van der Waals surface area contributed by atoms with Gasteiger partial charge in [-0.1, -0.05) is 30.3 Å². The van der Waals surface area contributed by atoms with Gasteiger partial charge in [-0.25, -0.2) is 0 Å². The number of rotatable bonds is 10. The SMILES string of the molecule is CCOCCOc1ccc2c(c1)COCc1ccc(COc3ccc([C@H]4C[C@@H]4C(=O)O)cc3)cc1-2. The number of fused-ring (bicyclic) bond motifs is 3. The molecule has 2 aliphatic rings. The fourth-order valence-corrected chi connectivity index (χ4v) is 4.58. The smallest absolute Gasteiger partial charge is 0.307 e. The molecule has 2 atom stereocenters. The van der Waals surface area contributed by atoms with Crippen molar-refractivity contribution < 1.29 is 28.8 Å². The summed E-state index contributed by atoms with van der Waals surface area (Å²) in [5, 5.41) is 9.14. The lowest BCUT2D eigenvalue weighted by Gasteiger charge is -2.13. The molecule has 35 heavy (non-hydrogen) atoms. The van der Waals surface area contributed by atoms with E-state index >= 15 is 0 Å². The van der Waals surface area contributed by atoms with Gasteiger partial charge in [-0.05, 0) is 83.0 Å². The highest BCUT2D eigenvalue weighted by Gasteiger charge is 2.44. The van der Waals surface area contributed by atoms with Crippen molar-refractivity contribution in [2.75, 3.05) is 19.8 Å². The maximum atomic E-state index is 11.1. The molecule has 6 nitrogen and oxygen atoms in total. The second kappa shape index (κ2) is 10.5. The molecule has 0 bridgehead atoms. The van der Waals surface area contributed by atoms with Crippen molar-refractivity contribution in [2.24, 2.45) is 5.92 Å². The number of hydrogen-bond acceptors (Lipinski definition) is 5. The summed E-state index contributed by atoms with van der Waals surface area (Å²) in [6, 6.07) is 20.3. The number of hydrogen-bond donors (Lipinski definition) is 1. The fourth-order valence-electron chi connectivity index (χ4n) is 4.58. The Balaban J connectivity index is 1.26. The summed E-state index contributed by atoms with van der Waals surface area (Å²) in [4.78, 5) is 11.1. The van der Waals surface area contributed by atoms with Gasteiger partial charge in [0.2, 0.25) is 0 Å². The molecule has 1 aliphatic carbocycles. The van der Waals surface area contributed by atoms with Gasteiger partial charge in [-0.3, -0.25) is 4.79 Å². The van der Waals surface area contributed by atoms with Crippen molar-refractivity contribution in [3.63, 3.8) is 0 Å². The third-order valence-corrected chi connectivity index (χ3v) is 6.58. The van der Waals surface area contributed by atoms with Gasteiger partial charge in [0.05, 0.1) is 25.7 Å². The summed E-state index contributed by atoms with van der Waals surface area (Å²) in [6.45, 7) is 5.29. The van der Waals surface area contributed by atoms with Crippen molar-refractivity contribution in [3.8, 4) is 22.6 Å². The number of carboxylic acid groups (broad SMARTS) is 1. The molecular weight excluding hydrogens is 444 g/mol. The Morgan fingerprint density at radius 2 is 1.71 bits per heavy atom. The summed E-state index contributed by atoms with van der Waals surface area (Å²) in [5.41, 5.74) is 6.70. The number of ether oxygens (including phenoxy) is 4. The molecule has 0 saturated heterocycles. The minimum atomic E-state index is -0.712. The summed E-state index contributed by atoms with van der Waals surface area (Å²) in [7, 11) is 0. The number of carbonyl (C=O) groups is 1. The van der Waals surface area contributed by atoms with Gasteiger partial charge in [-0.15, -0.1) is 0 Å². The Morgan fingerprint density at radius 3 is 2.49 bits per heavy atom. The zero-order chi connectivity index (χ0) is 24.2. The number of benzene rings is 3. The molecule has 1 fully saturated rings. The van der Waals surface area contributed by atoms with E-state index in [-0.39, 0.29) is 11.8 Å². The minimum absolute atomic E-state index is 0.129. The van der Waals surface area contributed by atoms with E-state index in [0.717, 1.165) is 51.3 Å². The van der Waals surface area contributed by atoms with E-state index in [0.29, 0.717) is 39.6 Å². The van der Waals surface area contributed by atoms with Crippen molar-refractivity contribution in [1.82, 2.24) is 0 Å². The fraction of sp³-hybridized carbons (Fsp3) is 0.345. The average molecular weight is 475 g/mol. The molecular formula is C29H30O6. The molecule has 3 aromatic rings. The quantitative estimate of drug-likeness (QED) is 0.388. The number of aliphatic carboxylic acids is 1. The minimum Gasteiger partial charge on any atom is -0.491 e. The maximum absolute atomic E-state index is 11.1. The highest BCUT2D eigenvalue weighted by molar-refractivity contribution is 5.75. The lowest BCUT2D eigenvalue weighted by Crippen LogP contribution is -2.06. The van der Waals surface area contributed by atoms with Crippen LogP contribution < -0.4 is 9.47 Å². The van der Waals surface area contributed by atoms with E-state index in [1.807, 2.05) is 37.3 Å². The van der Waals surface area contributed by atoms with Gasteiger partial charge in [0.1, 0.15) is 24.7 Å². The molecule has 0 radical (unpaired) electrons. The third kappa shape index (κ3) is 5.50. The van der Waals surface area contributed by atoms with Crippen LogP contribution in [0.5, 0.6) is 11.5 Å². The van der Waals surface area contributed by atoms with Crippen LogP contribution in [0.4, 0.5) is 0 Å². The van der Waals surface area contributed by atoms with Crippen LogP contribution in [0.2, 0.25) is 0 Å². The van der Waals surface area contributed by atoms with Crippen molar-refractivity contribution in [1.29, 1.82) is 0 Å². The van der Waals surface area contributed by atoms with E-state index in [2.05, 4.69) is 30.3 Å². The van der Waals surface area contributed by atoms with Crippen LogP contribution in [0.15, 0.2) is 60.7 Å². The van der Waals surface area contributed by atoms with Crippen LogP contribution in [0, 0.1) is 5.92 Å². The summed E-state index contributed by atoms with van der Waals surface area (Å²) in [5.74, 6) is 0.763. The molecule has 0 aromatic heterocycles. The predicted octanol–water partition coefficient (Wildman–Crippen LogP) is 5.57. The van der Waals surface area contributed by atoms with Crippen LogP contribution in [0.25, 0.3) is 11.1 Å². The first kappa shape index (κ1) is 23.4. The summed E-state index contributed by atoms with van der Waals surface area (Å²) < 4.78 is 23.1. The lowest BCUT2D eigenvalue weighted by atomic mass is 9.95. The van der Waals surface area contributed by atoms with Gasteiger partial charge in [0, 0.05) is 6.61 Å². The first-order chi connectivity index (χ1) is 17.1. The van der Waals surface area contributed by atoms with E-state index in [4.69, 9.17) is 24.1 Å². The standard InChI is InChI=1S/C29H30O6/c1-2-32-11-12-34-24-9-10-25-22(14-24)18-33-17-21-4-3-19(13-26(21)25)16-35-23-7-5-20(6-8-23)27-15-28(27)29(30)31/h3-10,13-14,27-28H,2,11-12,15-18H2,1H3,(H,30,31)/t27-,28+/m1/s1. The van der Waals surface area contributed by atoms with Gasteiger partial charge in [0.15, 0.2) is 0 Å². The molecule has 1 aliphatic heterocycles. The van der Waals surface area contributed by atoms with E-state index < -0.39 is 5.97 Å². The highest BCUT2D eigenvalue weighted by Crippen LogP contribution is 2.47. The molecule has 3 aromatic carbocycles. The van der Waals surface area contributed by atoms with E-state index in [9.17, 15) is 4.79 Å². The lowest BCUT2D eigenvalue weighted by molar-refractivity contribution is -0.138. The highest BCUT2D eigenvalue weighted by atomic mass is 16.5. The van der Waals surface area contributed by atoms with Gasteiger partial charge < -0.3 is 24.1 Å². The normalized spacial score (nSPS) is 18.2.